The molecule has 31 heavy (non-hydrogen) atoms. The van der Waals surface area contributed by atoms with E-state index in [9.17, 15) is 8.42 Å². The molecule has 1 aromatic heterocycles. The van der Waals surface area contributed by atoms with E-state index < -0.39 is 22.0 Å². The molecule has 2 heterocycles. The van der Waals surface area contributed by atoms with Crippen molar-refractivity contribution in [3.8, 4) is 0 Å². The van der Waals surface area contributed by atoms with Gasteiger partial charge in [-0.3, -0.25) is 4.18 Å². The first-order chi connectivity index (χ1) is 14.8. The first-order valence-corrected chi connectivity index (χ1v) is 11.5. The molecule has 2 aromatic carbocycles. The van der Waals surface area contributed by atoms with Gasteiger partial charge in [0.2, 0.25) is 5.79 Å². The maximum Gasteiger partial charge on any atom is 0.297 e. The third-order valence-corrected chi connectivity index (χ3v) is 6.61. The fourth-order valence-corrected chi connectivity index (χ4v) is 4.71. The Morgan fingerprint density at radius 1 is 1.23 bits per heavy atom. The third kappa shape index (κ3) is 4.92. The van der Waals surface area contributed by atoms with Crippen molar-refractivity contribution in [2.45, 2.75) is 30.3 Å². The van der Waals surface area contributed by atoms with Crippen LogP contribution in [0.2, 0.25) is 10.0 Å². The van der Waals surface area contributed by atoms with Crippen molar-refractivity contribution in [3.63, 3.8) is 0 Å². The van der Waals surface area contributed by atoms with Gasteiger partial charge < -0.3 is 9.47 Å². The van der Waals surface area contributed by atoms with E-state index in [1.165, 1.54) is 23.0 Å². The molecule has 0 aliphatic carbocycles. The van der Waals surface area contributed by atoms with Crippen LogP contribution >= 0.6 is 23.2 Å². The first kappa shape index (κ1) is 22.2. The molecule has 2 atom stereocenters. The minimum Gasteiger partial charge on any atom is -0.342 e. The van der Waals surface area contributed by atoms with Crippen molar-refractivity contribution in [2.75, 3.05) is 13.2 Å². The smallest absolute Gasteiger partial charge is 0.297 e. The standard InChI is InChI=1S/C20H19Cl2N3O5S/c1-14-2-5-17(6-3-14)31(26,27)29-12-16-11-28-20(30-16,13-25-9-8-23-24-25)18-7-4-15(21)10-19(18)22/h2-10,16H,11-13H2,1H3. The van der Waals surface area contributed by atoms with Crippen molar-refractivity contribution in [1.29, 1.82) is 0 Å². The molecule has 8 nitrogen and oxygen atoms in total. The van der Waals surface area contributed by atoms with Gasteiger partial charge in [0.15, 0.2) is 0 Å². The van der Waals surface area contributed by atoms with E-state index >= 15 is 0 Å². The lowest BCUT2D eigenvalue weighted by atomic mass is 10.1. The number of rotatable bonds is 7. The van der Waals surface area contributed by atoms with Crippen LogP contribution in [0.5, 0.6) is 0 Å². The predicted octanol–water partition coefficient (Wildman–Crippen LogP) is 3.57. The molecule has 1 aliphatic rings. The lowest BCUT2D eigenvalue weighted by Crippen LogP contribution is -2.35. The molecule has 164 valence electrons. The topological polar surface area (TPSA) is 92.5 Å². The fourth-order valence-electron chi connectivity index (χ4n) is 3.22. The lowest BCUT2D eigenvalue weighted by Gasteiger charge is -2.29. The molecule has 0 amide bonds. The maximum absolute atomic E-state index is 12.5. The van der Waals surface area contributed by atoms with Crippen LogP contribution in [-0.4, -0.2) is 42.7 Å². The summed E-state index contributed by atoms with van der Waals surface area (Å²) >= 11 is 12.4. The average Bonchev–Trinajstić information content (AvgIpc) is 3.38. The van der Waals surface area contributed by atoms with E-state index in [1.807, 2.05) is 6.92 Å². The summed E-state index contributed by atoms with van der Waals surface area (Å²) in [4.78, 5) is 0.0756. The SMILES string of the molecule is Cc1ccc(S(=O)(=O)OCC2COC(Cn3ccnn3)(c3ccc(Cl)cc3Cl)O2)cc1. The summed E-state index contributed by atoms with van der Waals surface area (Å²) in [6.45, 7) is 1.89. The predicted molar refractivity (Wildman–Crippen MR) is 113 cm³/mol. The first-order valence-electron chi connectivity index (χ1n) is 9.35. The Labute approximate surface area is 189 Å². The molecular formula is C20H19Cl2N3O5S. The molecule has 0 bridgehead atoms. The molecule has 1 fully saturated rings. The molecule has 0 radical (unpaired) electrons. The quantitative estimate of drug-likeness (QED) is 0.474. The number of aryl methyl sites for hydroxylation is 1. The van der Waals surface area contributed by atoms with E-state index in [0.29, 0.717) is 15.6 Å². The normalized spacial score (nSPS) is 21.5. The van der Waals surface area contributed by atoms with Crippen LogP contribution in [0, 0.1) is 6.92 Å². The molecule has 0 N–H and O–H groups in total. The number of hydrogen-bond acceptors (Lipinski definition) is 7. The van der Waals surface area contributed by atoms with Crippen molar-refractivity contribution < 1.29 is 22.1 Å². The molecule has 2 unspecified atom stereocenters. The summed E-state index contributed by atoms with van der Waals surface area (Å²) in [5.74, 6) is -1.31. The molecular weight excluding hydrogens is 465 g/mol. The van der Waals surface area contributed by atoms with Gasteiger partial charge in [0.1, 0.15) is 12.6 Å². The lowest BCUT2D eigenvalue weighted by molar-refractivity contribution is -0.190. The van der Waals surface area contributed by atoms with Gasteiger partial charge >= 0.3 is 0 Å². The highest BCUT2D eigenvalue weighted by Crippen LogP contribution is 2.40. The van der Waals surface area contributed by atoms with Crippen LogP contribution in [0.4, 0.5) is 0 Å². The number of nitrogens with zero attached hydrogens (tertiary/aromatic N) is 3. The second-order valence-electron chi connectivity index (χ2n) is 7.08. The fraction of sp³-hybridized carbons (Fsp3) is 0.300. The Balaban J connectivity index is 1.53. The van der Waals surface area contributed by atoms with Crippen LogP contribution in [0.1, 0.15) is 11.1 Å². The molecule has 4 rings (SSSR count). The van der Waals surface area contributed by atoms with Crippen molar-refractivity contribution >= 4 is 33.3 Å². The van der Waals surface area contributed by atoms with E-state index in [-0.39, 0.29) is 24.7 Å². The van der Waals surface area contributed by atoms with E-state index in [2.05, 4.69) is 10.3 Å². The van der Waals surface area contributed by atoms with Gasteiger partial charge in [0, 0.05) is 16.8 Å². The molecule has 3 aromatic rings. The highest BCUT2D eigenvalue weighted by atomic mass is 35.5. The molecule has 0 spiro atoms. The Kier molecular flexibility index (Phi) is 6.34. The van der Waals surface area contributed by atoms with Crippen LogP contribution in [0.25, 0.3) is 0 Å². The van der Waals surface area contributed by atoms with Crippen molar-refractivity contribution in [3.05, 3.63) is 76.0 Å². The summed E-state index contributed by atoms with van der Waals surface area (Å²) in [7, 11) is -3.94. The molecule has 11 heteroatoms. The minimum absolute atomic E-state index is 0.0756. The highest BCUT2D eigenvalue weighted by Gasteiger charge is 2.46. The number of aromatic nitrogens is 3. The Morgan fingerprint density at radius 2 is 2.00 bits per heavy atom. The molecule has 1 aliphatic heterocycles. The largest absolute Gasteiger partial charge is 0.342 e. The van der Waals surface area contributed by atoms with Gasteiger partial charge in [-0.05, 0) is 31.2 Å². The van der Waals surface area contributed by atoms with Crippen LogP contribution in [-0.2, 0) is 36.1 Å². The Morgan fingerprint density at radius 3 is 2.68 bits per heavy atom. The van der Waals surface area contributed by atoms with Gasteiger partial charge in [-0.15, -0.1) is 5.10 Å². The van der Waals surface area contributed by atoms with Crippen molar-refractivity contribution in [2.24, 2.45) is 0 Å². The number of hydrogen-bond donors (Lipinski definition) is 0. The maximum atomic E-state index is 12.5. The molecule has 1 saturated heterocycles. The van der Waals surface area contributed by atoms with Gasteiger partial charge in [0.05, 0.1) is 29.3 Å². The van der Waals surface area contributed by atoms with Crippen LogP contribution < -0.4 is 0 Å². The summed E-state index contributed by atoms with van der Waals surface area (Å²) in [6, 6.07) is 11.4. The monoisotopic (exact) mass is 483 g/mol. The van der Waals surface area contributed by atoms with Gasteiger partial charge in [0.25, 0.3) is 10.1 Å². The molecule has 0 saturated carbocycles. The second kappa shape index (κ2) is 8.85. The van der Waals surface area contributed by atoms with Crippen molar-refractivity contribution in [1.82, 2.24) is 15.0 Å². The van der Waals surface area contributed by atoms with Crippen LogP contribution in [0.3, 0.4) is 0 Å². The zero-order valence-electron chi connectivity index (χ0n) is 16.4. The summed E-state index contributed by atoms with van der Waals surface area (Å²) in [5, 5.41) is 8.57. The van der Waals surface area contributed by atoms with Crippen LogP contribution in [0.15, 0.2) is 59.8 Å². The van der Waals surface area contributed by atoms with E-state index in [0.717, 1.165) is 5.56 Å². The summed E-state index contributed by atoms with van der Waals surface area (Å²) in [6.07, 6.45) is 2.53. The third-order valence-electron chi connectivity index (χ3n) is 4.76. The number of ether oxygens (including phenoxy) is 2. The number of benzene rings is 2. The summed E-state index contributed by atoms with van der Waals surface area (Å²) < 4.78 is 43.9. The van der Waals surface area contributed by atoms with Gasteiger partial charge in [-0.2, -0.15) is 8.42 Å². The number of halogens is 2. The Bertz CT molecular complexity index is 1160. The van der Waals surface area contributed by atoms with E-state index in [1.54, 1.807) is 36.5 Å². The van der Waals surface area contributed by atoms with E-state index in [4.69, 9.17) is 36.9 Å². The highest BCUT2D eigenvalue weighted by molar-refractivity contribution is 7.86. The second-order valence-corrected chi connectivity index (χ2v) is 9.54. The zero-order chi connectivity index (χ0) is 22.1. The average molecular weight is 484 g/mol. The summed E-state index contributed by atoms with van der Waals surface area (Å²) in [5.41, 5.74) is 1.49. The zero-order valence-corrected chi connectivity index (χ0v) is 18.8. The van der Waals surface area contributed by atoms with Gasteiger partial charge in [-0.25, -0.2) is 4.68 Å². The Hall–Kier alpha value is -2.01. The van der Waals surface area contributed by atoms with Gasteiger partial charge in [-0.1, -0.05) is 52.2 Å². The minimum atomic E-state index is -3.94.